The van der Waals surface area contributed by atoms with Gasteiger partial charge in [0.25, 0.3) is 0 Å². The Morgan fingerprint density at radius 3 is 3.00 bits per heavy atom. The van der Waals surface area contributed by atoms with E-state index in [9.17, 15) is 0 Å². The molecule has 2 aromatic rings. The van der Waals surface area contributed by atoms with Crippen LogP contribution >= 0.6 is 23.8 Å². The van der Waals surface area contributed by atoms with Crippen molar-refractivity contribution in [2.24, 2.45) is 0 Å². The lowest BCUT2D eigenvalue weighted by atomic mass is 10.2. The highest BCUT2D eigenvalue weighted by atomic mass is 35.5. The Bertz CT molecular complexity index is 589. The third-order valence-corrected chi connectivity index (χ3v) is 3.06. The number of aromatic nitrogens is 1. The van der Waals surface area contributed by atoms with E-state index >= 15 is 0 Å². The summed E-state index contributed by atoms with van der Waals surface area (Å²) in [6, 6.07) is 7.33. The molecular formula is C14H14ClNO2S. The average Bonchev–Trinajstić information content (AvgIpc) is 2.45. The molecular weight excluding hydrogens is 282 g/mol. The summed E-state index contributed by atoms with van der Waals surface area (Å²) in [5.74, 6) is 0.655. The van der Waals surface area contributed by atoms with E-state index < -0.39 is 0 Å². The predicted octanol–water partition coefficient (Wildman–Crippen LogP) is 4.02. The topological polar surface area (TPSA) is 31.4 Å². The zero-order valence-electron chi connectivity index (χ0n) is 10.6. The maximum atomic E-state index is 6.11. The Kier molecular flexibility index (Phi) is 4.93. The monoisotopic (exact) mass is 295 g/mol. The van der Waals surface area contributed by atoms with Crippen LogP contribution in [0.15, 0.2) is 30.5 Å². The van der Waals surface area contributed by atoms with E-state index in [4.69, 9.17) is 33.3 Å². The van der Waals surface area contributed by atoms with Crippen LogP contribution in [0.5, 0.6) is 5.75 Å². The van der Waals surface area contributed by atoms with E-state index in [1.165, 1.54) is 0 Å². The first-order valence-corrected chi connectivity index (χ1v) is 6.82. The lowest BCUT2D eigenvalue weighted by Gasteiger charge is -2.10. The fraction of sp³-hybridized carbons (Fsp3) is 0.286. The van der Waals surface area contributed by atoms with Crippen molar-refractivity contribution in [1.82, 2.24) is 4.98 Å². The minimum absolute atomic E-state index is 0.239. The molecule has 0 aliphatic heterocycles. The SMILES string of the molecule is CCCOC(=S)COc1ccc(Cl)c2cccnc12. The maximum Gasteiger partial charge on any atom is 0.197 e. The molecule has 0 atom stereocenters. The second kappa shape index (κ2) is 6.68. The number of rotatable bonds is 5. The molecule has 0 spiro atoms. The van der Waals surface area contributed by atoms with Crippen LogP contribution in [0, 0.1) is 0 Å². The molecule has 19 heavy (non-hydrogen) atoms. The van der Waals surface area contributed by atoms with Gasteiger partial charge in [0.05, 0.1) is 11.6 Å². The highest BCUT2D eigenvalue weighted by molar-refractivity contribution is 7.80. The number of hydrogen-bond donors (Lipinski definition) is 0. The van der Waals surface area contributed by atoms with Crippen molar-refractivity contribution in [3.63, 3.8) is 0 Å². The van der Waals surface area contributed by atoms with Gasteiger partial charge in [-0.15, -0.1) is 0 Å². The molecule has 2 rings (SSSR count). The van der Waals surface area contributed by atoms with Crippen LogP contribution in [0.3, 0.4) is 0 Å². The van der Waals surface area contributed by atoms with E-state index in [0.717, 1.165) is 17.3 Å². The normalized spacial score (nSPS) is 10.4. The molecule has 1 aromatic heterocycles. The molecule has 0 radical (unpaired) electrons. The molecule has 0 unspecified atom stereocenters. The molecule has 100 valence electrons. The zero-order valence-corrected chi connectivity index (χ0v) is 12.1. The largest absolute Gasteiger partial charge is 0.484 e. The molecule has 1 heterocycles. The van der Waals surface area contributed by atoms with Gasteiger partial charge in [-0.2, -0.15) is 0 Å². The van der Waals surface area contributed by atoms with E-state index in [1.807, 2.05) is 19.1 Å². The lowest BCUT2D eigenvalue weighted by Crippen LogP contribution is -2.13. The average molecular weight is 296 g/mol. The molecule has 0 N–H and O–H groups in total. The summed E-state index contributed by atoms with van der Waals surface area (Å²) in [6.07, 6.45) is 2.63. The number of pyridine rings is 1. The molecule has 0 aliphatic carbocycles. The van der Waals surface area contributed by atoms with Crippen LogP contribution in [0.4, 0.5) is 0 Å². The summed E-state index contributed by atoms with van der Waals surface area (Å²) in [5, 5.41) is 1.96. The smallest absolute Gasteiger partial charge is 0.197 e. The first-order chi connectivity index (χ1) is 9.22. The van der Waals surface area contributed by atoms with E-state index in [1.54, 1.807) is 18.3 Å². The first-order valence-electron chi connectivity index (χ1n) is 6.04. The number of fused-ring (bicyclic) bond motifs is 1. The standard InChI is InChI=1S/C14H14ClNO2S/c1-2-8-17-13(19)9-18-12-6-5-11(15)10-4-3-7-16-14(10)12/h3-7H,2,8-9H2,1H3. The van der Waals surface area contributed by atoms with Gasteiger partial charge in [0.15, 0.2) is 11.7 Å². The Hall–Kier alpha value is -1.39. The highest BCUT2D eigenvalue weighted by Crippen LogP contribution is 2.29. The summed E-state index contributed by atoms with van der Waals surface area (Å²) in [7, 11) is 0. The Morgan fingerprint density at radius 2 is 2.21 bits per heavy atom. The highest BCUT2D eigenvalue weighted by Gasteiger charge is 2.07. The summed E-state index contributed by atoms with van der Waals surface area (Å²) in [5.41, 5.74) is 0.730. The van der Waals surface area contributed by atoms with Crippen molar-refractivity contribution in [1.29, 1.82) is 0 Å². The van der Waals surface area contributed by atoms with E-state index in [0.29, 0.717) is 22.4 Å². The number of halogens is 1. The molecule has 0 amide bonds. The fourth-order valence-corrected chi connectivity index (χ4v) is 1.98. The zero-order chi connectivity index (χ0) is 13.7. The molecule has 0 saturated carbocycles. The third-order valence-electron chi connectivity index (χ3n) is 2.49. The van der Waals surface area contributed by atoms with Gasteiger partial charge < -0.3 is 9.47 Å². The fourth-order valence-electron chi connectivity index (χ4n) is 1.62. The second-order valence-electron chi connectivity index (χ2n) is 3.95. The molecule has 0 bridgehead atoms. The minimum Gasteiger partial charge on any atom is -0.484 e. The van der Waals surface area contributed by atoms with Crippen LogP contribution < -0.4 is 4.74 Å². The number of benzene rings is 1. The van der Waals surface area contributed by atoms with Crippen LogP contribution in [0.25, 0.3) is 10.9 Å². The van der Waals surface area contributed by atoms with E-state index in [-0.39, 0.29) is 6.61 Å². The minimum atomic E-state index is 0.239. The van der Waals surface area contributed by atoms with Crippen LogP contribution in [0.2, 0.25) is 5.02 Å². The summed E-state index contributed by atoms with van der Waals surface area (Å²) in [4.78, 5) is 4.29. The number of hydrogen-bond acceptors (Lipinski definition) is 4. The molecule has 0 fully saturated rings. The molecule has 3 nitrogen and oxygen atoms in total. The van der Waals surface area contributed by atoms with Gasteiger partial charge in [-0.3, -0.25) is 4.98 Å². The van der Waals surface area contributed by atoms with Gasteiger partial charge in [0, 0.05) is 11.6 Å². The lowest BCUT2D eigenvalue weighted by molar-refractivity contribution is 0.272. The van der Waals surface area contributed by atoms with Crippen molar-refractivity contribution in [3.05, 3.63) is 35.5 Å². The third kappa shape index (κ3) is 3.55. The summed E-state index contributed by atoms with van der Waals surface area (Å²) >= 11 is 11.2. The number of thiocarbonyl (C=S) groups is 1. The van der Waals surface area contributed by atoms with Gasteiger partial charge in [0.2, 0.25) is 0 Å². The molecule has 0 aliphatic rings. The van der Waals surface area contributed by atoms with Crippen LogP contribution in [0.1, 0.15) is 13.3 Å². The van der Waals surface area contributed by atoms with Crippen LogP contribution in [-0.4, -0.2) is 23.2 Å². The maximum absolute atomic E-state index is 6.11. The van der Waals surface area contributed by atoms with Crippen molar-refractivity contribution < 1.29 is 9.47 Å². The van der Waals surface area contributed by atoms with Crippen LogP contribution in [-0.2, 0) is 4.74 Å². The summed E-state index contributed by atoms with van der Waals surface area (Å²) < 4.78 is 11.0. The molecule has 0 saturated heterocycles. The molecule has 1 aromatic carbocycles. The number of ether oxygens (including phenoxy) is 2. The first kappa shape index (κ1) is 14.0. The van der Waals surface area contributed by atoms with Crippen molar-refractivity contribution in [2.45, 2.75) is 13.3 Å². The van der Waals surface area contributed by atoms with Gasteiger partial charge in [-0.1, -0.05) is 18.5 Å². The Morgan fingerprint density at radius 1 is 1.37 bits per heavy atom. The summed E-state index contributed by atoms with van der Waals surface area (Å²) in [6.45, 7) is 2.88. The van der Waals surface area contributed by atoms with Crippen molar-refractivity contribution in [3.8, 4) is 5.75 Å². The van der Waals surface area contributed by atoms with Gasteiger partial charge >= 0.3 is 0 Å². The Labute approximate surface area is 122 Å². The molecule has 5 heteroatoms. The van der Waals surface area contributed by atoms with Crippen molar-refractivity contribution in [2.75, 3.05) is 13.2 Å². The van der Waals surface area contributed by atoms with Gasteiger partial charge in [0.1, 0.15) is 11.3 Å². The van der Waals surface area contributed by atoms with Crippen molar-refractivity contribution >= 4 is 39.8 Å². The number of nitrogens with zero attached hydrogens (tertiary/aromatic N) is 1. The predicted molar refractivity (Wildman–Crippen MR) is 81.1 cm³/mol. The van der Waals surface area contributed by atoms with Gasteiger partial charge in [-0.05, 0) is 42.9 Å². The quantitative estimate of drug-likeness (QED) is 0.780. The van der Waals surface area contributed by atoms with Gasteiger partial charge in [-0.25, -0.2) is 0 Å². The Balaban J connectivity index is 2.13. The second-order valence-corrected chi connectivity index (χ2v) is 4.82. The van der Waals surface area contributed by atoms with E-state index in [2.05, 4.69) is 4.98 Å².